The number of allylic oxidation sites excluding steroid dienone is 1. The molecule has 24 valence electrons. The molecule has 0 radical (unpaired) electrons. The summed E-state index contributed by atoms with van der Waals surface area (Å²) in [6.45, 7) is 5.25. The lowest BCUT2D eigenvalue weighted by Crippen LogP contribution is -1.07. The Morgan fingerprint density at radius 1 is 1.75 bits per heavy atom. The minimum Gasteiger partial charge on any atom is -0.103 e. The lowest BCUT2D eigenvalue weighted by atomic mass is 10.8. The predicted octanol–water partition coefficient (Wildman–Crippen LogP) is 0.00840. The first-order valence-electron chi connectivity index (χ1n) is 0.986. The molecule has 0 rings (SSSR count). The molecule has 0 amide bonds. The smallest absolute Gasteiger partial charge is 0.0814 e. The van der Waals surface area contributed by atoms with Crippen molar-refractivity contribution in [3.05, 3.63) is 12.7 Å². The zero-order valence-corrected chi connectivity index (χ0v) is 2.28. The van der Waals surface area contributed by atoms with Gasteiger partial charge in [0.05, 0.1) is 8.41 Å². The van der Waals surface area contributed by atoms with Gasteiger partial charge >= 0.3 is 0 Å². The maximum Gasteiger partial charge on any atom is 0.0814 e. The van der Waals surface area contributed by atoms with Gasteiger partial charge in [-0.05, 0) is 6.92 Å². The van der Waals surface area contributed by atoms with E-state index in [0.29, 0.717) is 0 Å². The minimum atomic E-state index is 0. The molecule has 0 nitrogen and oxygen atoms in total. The van der Waals surface area contributed by atoms with Gasteiger partial charge in [0.15, 0.2) is 0 Å². The Morgan fingerprint density at radius 2 is 1.75 bits per heavy atom. The van der Waals surface area contributed by atoms with Crippen molar-refractivity contribution < 1.29 is 0 Å². The largest absolute Gasteiger partial charge is 0.103 e. The van der Waals surface area contributed by atoms with E-state index in [1.807, 2.05) is 6.92 Å². The van der Waals surface area contributed by atoms with Gasteiger partial charge in [-0.1, -0.05) is 6.08 Å². The van der Waals surface area contributed by atoms with Crippen LogP contribution in [0.25, 0.3) is 0 Å². The van der Waals surface area contributed by atoms with Crippen LogP contribution < -0.4 is 0 Å². The van der Waals surface area contributed by atoms with E-state index in [9.17, 15) is 0 Å². The summed E-state index contributed by atoms with van der Waals surface area (Å²) < 4.78 is 0. The standard InChI is InChI=1S/C3H6.BH3/c1-3-2;/h3H,1H2,2H3;1H3. The number of rotatable bonds is 0. The van der Waals surface area contributed by atoms with Gasteiger partial charge < -0.3 is 0 Å². The van der Waals surface area contributed by atoms with Crippen molar-refractivity contribution in [2.45, 2.75) is 6.92 Å². The second kappa shape index (κ2) is 14.1. The van der Waals surface area contributed by atoms with Crippen LogP contribution in [0.1, 0.15) is 6.92 Å². The third-order valence-electron chi connectivity index (χ3n) is 0. The molecule has 4 heavy (non-hydrogen) atoms. The molecule has 0 atom stereocenters. The molecule has 1 heteroatoms. The van der Waals surface area contributed by atoms with Crippen LogP contribution in [0.15, 0.2) is 12.7 Å². The Kier molecular flexibility index (Phi) is 32.4. The van der Waals surface area contributed by atoms with E-state index in [1.54, 1.807) is 6.08 Å². The van der Waals surface area contributed by atoms with Gasteiger partial charge in [-0.15, -0.1) is 6.58 Å². The lowest BCUT2D eigenvalue weighted by Gasteiger charge is -1.31. The van der Waals surface area contributed by atoms with Crippen molar-refractivity contribution in [1.82, 2.24) is 0 Å². The fourth-order valence-electron chi connectivity index (χ4n) is 0. The summed E-state index contributed by atoms with van der Waals surface area (Å²) in [7, 11) is 0. The molecule has 0 aromatic carbocycles. The predicted molar refractivity (Wildman–Crippen MR) is 25.8 cm³/mol. The van der Waals surface area contributed by atoms with E-state index in [0.717, 1.165) is 0 Å². The maximum absolute atomic E-state index is 3.36. The molecule has 0 spiro atoms. The van der Waals surface area contributed by atoms with Gasteiger partial charge in [0, 0.05) is 0 Å². The third-order valence-corrected chi connectivity index (χ3v) is 0. The molecule has 0 unspecified atom stereocenters. The summed E-state index contributed by atoms with van der Waals surface area (Å²) in [4.78, 5) is 0. The van der Waals surface area contributed by atoms with E-state index < -0.39 is 0 Å². The molecule has 0 saturated heterocycles. The van der Waals surface area contributed by atoms with Crippen molar-refractivity contribution in [2.75, 3.05) is 0 Å². The average Bonchev–Trinajstić information content (AvgIpc) is 0.918. The minimum absolute atomic E-state index is 0. The highest BCUT2D eigenvalue weighted by Gasteiger charge is 1.15. The quantitative estimate of drug-likeness (QED) is 0.271. The van der Waals surface area contributed by atoms with Crippen LogP contribution in [-0.4, -0.2) is 8.41 Å². The molecule has 0 aliphatic carbocycles. The summed E-state index contributed by atoms with van der Waals surface area (Å²) in [5, 5.41) is 0. The van der Waals surface area contributed by atoms with Gasteiger partial charge in [0.25, 0.3) is 0 Å². The van der Waals surface area contributed by atoms with Crippen LogP contribution in [0.4, 0.5) is 0 Å². The summed E-state index contributed by atoms with van der Waals surface area (Å²) in [5.41, 5.74) is 0. The number of hydrogen-bond donors (Lipinski definition) is 0. The highest BCUT2D eigenvalue weighted by atomic mass is 13.2. The highest BCUT2D eigenvalue weighted by molar-refractivity contribution is 5.75. The Morgan fingerprint density at radius 3 is 1.75 bits per heavy atom. The second-order valence-electron chi connectivity index (χ2n) is 0.408. The Bertz CT molecular complexity index is 10.8. The van der Waals surface area contributed by atoms with E-state index >= 15 is 0 Å². The zero-order chi connectivity index (χ0) is 2.71. The Hall–Kier alpha value is -0.195. The average molecular weight is 55.9 g/mol. The van der Waals surface area contributed by atoms with E-state index in [1.165, 1.54) is 0 Å². The van der Waals surface area contributed by atoms with Crippen LogP contribution in [0, 0.1) is 0 Å². The van der Waals surface area contributed by atoms with Crippen LogP contribution in [0.3, 0.4) is 0 Å². The van der Waals surface area contributed by atoms with Crippen LogP contribution in [0.2, 0.25) is 0 Å². The molecule has 0 saturated carbocycles. The maximum atomic E-state index is 3.36. The molecule has 0 aliphatic rings. The third kappa shape index (κ3) is 30.7. The molecule has 0 N–H and O–H groups in total. The monoisotopic (exact) mass is 56.1 g/mol. The first kappa shape index (κ1) is 9.19. The van der Waals surface area contributed by atoms with Crippen molar-refractivity contribution in [2.24, 2.45) is 0 Å². The summed E-state index contributed by atoms with van der Waals surface area (Å²) in [6, 6.07) is 0. The van der Waals surface area contributed by atoms with E-state index in [-0.39, 0.29) is 8.41 Å². The number of hydrogen-bond acceptors (Lipinski definition) is 0. The molecule has 0 aromatic rings. The van der Waals surface area contributed by atoms with E-state index in [4.69, 9.17) is 0 Å². The first-order valence-corrected chi connectivity index (χ1v) is 0.986. The van der Waals surface area contributed by atoms with Crippen LogP contribution >= 0.6 is 0 Å². The van der Waals surface area contributed by atoms with Crippen molar-refractivity contribution in [3.63, 3.8) is 0 Å². The van der Waals surface area contributed by atoms with E-state index in [2.05, 4.69) is 6.58 Å². The Balaban J connectivity index is 0. The van der Waals surface area contributed by atoms with Gasteiger partial charge in [-0.3, -0.25) is 0 Å². The van der Waals surface area contributed by atoms with Gasteiger partial charge in [0.2, 0.25) is 0 Å². The summed E-state index contributed by atoms with van der Waals surface area (Å²) in [6.07, 6.45) is 1.75. The highest BCUT2D eigenvalue weighted by Crippen LogP contribution is 1.38. The molecular weight excluding hydrogens is 46.8 g/mol. The molecule has 0 aliphatic heterocycles. The normalized spacial score (nSPS) is 3.25. The SMILES string of the molecule is B.C=CC. The lowest BCUT2D eigenvalue weighted by molar-refractivity contribution is 1.80. The first-order chi connectivity index (χ1) is 1.41. The van der Waals surface area contributed by atoms with Gasteiger partial charge in [0.1, 0.15) is 0 Å². The second-order valence-corrected chi connectivity index (χ2v) is 0.408. The van der Waals surface area contributed by atoms with Gasteiger partial charge in [-0.2, -0.15) is 0 Å². The fourth-order valence-corrected chi connectivity index (χ4v) is 0. The van der Waals surface area contributed by atoms with Crippen LogP contribution in [0.5, 0.6) is 0 Å². The Labute approximate surface area is 29.1 Å². The van der Waals surface area contributed by atoms with Crippen molar-refractivity contribution in [1.29, 1.82) is 0 Å². The topological polar surface area (TPSA) is 0 Å². The molecule has 0 heterocycles. The zero-order valence-electron chi connectivity index (χ0n) is 2.28. The summed E-state index contributed by atoms with van der Waals surface area (Å²) in [5.74, 6) is 0. The van der Waals surface area contributed by atoms with Crippen molar-refractivity contribution >= 4 is 8.41 Å². The van der Waals surface area contributed by atoms with Crippen molar-refractivity contribution in [3.8, 4) is 0 Å². The molecular formula is C3H9B. The van der Waals surface area contributed by atoms with Crippen LogP contribution in [-0.2, 0) is 0 Å². The molecule has 0 bridgehead atoms. The molecule has 0 fully saturated rings. The molecule has 0 aromatic heterocycles. The summed E-state index contributed by atoms with van der Waals surface area (Å²) >= 11 is 0. The fraction of sp³-hybridized carbons (Fsp3) is 0.333. The van der Waals surface area contributed by atoms with Gasteiger partial charge in [-0.25, -0.2) is 0 Å².